The molecule has 14 heavy (non-hydrogen) atoms. The van der Waals surface area contributed by atoms with Gasteiger partial charge in [0.15, 0.2) is 0 Å². The van der Waals surface area contributed by atoms with Crippen LogP contribution >= 0.6 is 11.3 Å². The number of hydrogen-bond donors (Lipinski definition) is 1. The Labute approximate surface area is 88.4 Å². The fraction of sp³-hybridized carbons (Fsp3) is 0.700. The van der Waals surface area contributed by atoms with Crippen molar-refractivity contribution in [3.8, 4) is 0 Å². The molecule has 0 unspecified atom stereocenters. The van der Waals surface area contributed by atoms with E-state index in [1.807, 2.05) is 11.7 Å². The van der Waals surface area contributed by atoms with Gasteiger partial charge in [0.25, 0.3) is 0 Å². The van der Waals surface area contributed by atoms with E-state index in [1.54, 1.807) is 11.3 Å². The van der Waals surface area contributed by atoms with Gasteiger partial charge in [-0.05, 0) is 6.42 Å². The van der Waals surface area contributed by atoms with Crippen molar-refractivity contribution in [1.82, 2.24) is 9.88 Å². The fourth-order valence-corrected chi connectivity index (χ4v) is 2.70. The molecule has 78 valence electrons. The smallest absolute Gasteiger partial charge is 0.0900 e. The molecule has 0 bridgehead atoms. The summed E-state index contributed by atoms with van der Waals surface area (Å²) >= 11 is 1.68. The predicted octanol–water partition coefficient (Wildman–Crippen LogP) is 1.49. The quantitative estimate of drug-likeness (QED) is 0.821. The third-order valence-corrected chi connectivity index (χ3v) is 3.38. The van der Waals surface area contributed by atoms with Crippen LogP contribution in [-0.4, -0.2) is 33.7 Å². The van der Waals surface area contributed by atoms with Crippen molar-refractivity contribution in [2.24, 2.45) is 0 Å². The van der Waals surface area contributed by atoms with Crippen LogP contribution in [0, 0.1) is 0 Å². The molecule has 0 saturated carbocycles. The minimum atomic E-state index is -0.403. The van der Waals surface area contributed by atoms with Gasteiger partial charge in [0.1, 0.15) is 0 Å². The predicted molar refractivity (Wildman–Crippen MR) is 57.2 cm³/mol. The number of rotatable bonds is 4. The highest BCUT2D eigenvalue weighted by molar-refractivity contribution is 7.09. The summed E-state index contributed by atoms with van der Waals surface area (Å²) in [4.78, 5) is 7.58. The molecular formula is C10H16N2OS. The summed E-state index contributed by atoms with van der Waals surface area (Å²) < 4.78 is 0. The SMILES string of the molecule is CCCC1(O)CN(Cc2cncs2)C1. The molecule has 1 aliphatic heterocycles. The minimum Gasteiger partial charge on any atom is -0.387 e. The molecule has 0 atom stereocenters. The second-order valence-corrected chi connectivity index (χ2v) is 5.06. The normalized spacial score (nSPS) is 20.7. The lowest BCUT2D eigenvalue weighted by Gasteiger charge is -2.46. The molecule has 1 aliphatic rings. The molecule has 4 heteroatoms. The van der Waals surface area contributed by atoms with Gasteiger partial charge in [-0.25, -0.2) is 0 Å². The van der Waals surface area contributed by atoms with Crippen LogP contribution in [0.5, 0.6) is 0 Å². The van der Waals surface area contributed by atoms with Gasteiger partial charge in [-0.1, -0.05) is 13.3 Å². The van der Waals surface area contributed by atoms with Gasteiger partial charge >= 0.3 is 0 Å². The van der Waals surface area contributed by atoms with Crippen LogP contribution in [0.15, 0.2) is 11.7 Å². The van der Waals surface area contributed by atoms with Crippen molar-refractivity contribution >= 4 is 11.3 Å². The average molecular weight is 212 g/mol. The van der Waals surface area contributed by atoms with E-state index >= 15 is 0 Å². The van der Waals surface area contributed by atoms with E-state index in [4.69, 9.17) is 0 Å². The molecule has 1 fully saturated rings. The van der Waals surface area contributed by atoms with E-state index in [2.05, 4.69) is 16.8 Å². The van der Waals surface area contributed by atoms with E-state index < -0.39 is 5.60 Å². The van der Waals surface area contributed by atoms with Crippen molar-refractivity contribution in [3.63, 3.8) is 0 Å². The topological polar surface area (TPSA) is 36.4 Å². The number of aromatic nitrogens is 1. The maximum atomic E-state index is 9.96. The third-order valence-electron chi connectivity index (χ3n) is 2.61. The number of thiazole rings is 1. The molecule has 1 N–H and O–H groups in total. The Balaban J connectivity index is 1.78. The highest BCUT2D eigenvalue weighted by Gasteiger charge is 2.39. The van der Waals surface area contributed by atoms with E-state index in [1.165, 1.54) is 4.88 Å². The summed E-state index contributed by atoms with van der Waals surface area (Å²) in [5.41, 5.74) is 1.45. The average Bonchev–Trinajstić information content (AvgIpc) is 2.54. The zero-order chi connectivity index (χ0) is 10.0. The zero-order valence-corrected chi connectivity index (χ0v) is 9.26. The lowest BCUT2D eigenvalue weighted by Crippen LogP contribution is -2.60. The standard InChI is InChI=1S/C10H16N2OS/c1-2-3-10(13)6-12(7-10)5-9-4-11-8-14-9/h4,8,13H,2-3,5-7H2,1H3. The van der Waals surface area contributed by atoms with E-state index in [0.717, 1.165) is 32.5 Å². The minimum absolute atomic E-state index is 0.403. The second kappa shape index (κ2) is 3.96. The zero-order valence-electron chi connectivity index (χ0n) is 8.44. The van der Waals surface area contributed by atoms with Crippen molar-refractivity contribution < 1.29 is 5.11 Å². The first-order valence-corrected chi connectivity index (χ1v) is 5.92. The summed E-state index contributed by atoms with van der Waals surface area (Å²) in [7, 11) is 0. The number of β-amino-alcohol motifs (C(OH)–C–C–N with tert-alkyl or cyclic N) is 1. The van der Waals surface area contributed by atoms with Gasteiger partial charge in [-0.2, -0.15) is 0 Å². The Morgan fingerprint density at radius 3 is 3.00 bits per heavy atom. The monoisotopic (exact) mass is 212 g/mol. The molecule has 2 rings (SSSR count). The molecule has 3 nitrogen and oxygen atoms in total. The molecule has 1 aromatic rings. The van der Waals surface area contributed by atoms with Gasteiger partial charge in [-0.15, -0.1) is 11.3 Å². The highest BCUT2D eigenvalue weighted by Crippen LogP contribution is 2.27. The lowest BCUT2D eigenvalue weighted by atomic mass is 9.89. The molecule has 0 aromatic carbocycles. The van der Waals surface area contributed by atoms with Gasteiger partial charge in [-0.3, -0.25) is 9.88 Å². The number of aliphatic hydroxyl groups is 1. The Hall–Kier alpha value is -0.450. The van der Waals surface area contributed by atoms with Gasteiger partial charge in [0.05, 0.1) is 11.1 Å². The van der Waals surface area contributed by atoms with Crippen molar-refractivity contribution in [3.05, 3.63) is 16.6 Å². The lowest BCUT2D eigenvalue weighted by molar-refractivity contribution is -0.106. The van der Waals surface area contributed by atoms with Crippen LogP contribution in [0.2, 0.25) is 0 Å². The Bertz CT molecular complexity index is 280. The summed E-state index contributed by atoms with van der Waals surface area (Å²) in [6.07, 6.45) is 3.89. The molecule has 0 radical (unpaired) electrons. The third kappa shape index (κ3) is 2.13. The number of likely N-dealkylation sites (tertiary alicyclic amines) is 1. The van der Waals surface area contributed by atoms with Crippen molar-refractivity contribution in [2.75, 3.05) is 13.1 Å². The molecule has 0 spiro atoms. The van der Waals surface area contributed by atoms with Gasteiger partial charge in [0, 0.05) is 30.7 Å². The maximum Gasteiger partial charge on any atom is 0.0900 e. The summed E-state index contributed by atoms with van der Waals surface area (Å²) in [5.74, 6) is 0. The van der Waals surface area contributed by atoms with E-state index in [9.17, 15) is 5.11 Å². The highest BCUT2D eigenvalue weighted by atomic mass is 32.1. The van der Waals surface area contributed by atoms with Crippen molar-refractivity contribution in [1.29, 1.82) is 0 Å². The van der Waals surface area contributed by atoms with Crippen LogP contribution in [0.3, 0.4) is 0 Å². The van der Waals surface area contributed by atoms with E-state index in [-0.39, 0.29) is 0 Å². The van der Waals surface area contributed by atoms with Crippen LogP contribution in [0.1, 0.15) is 24.6 Å². The molecule has 1 saturated heterocycles. The molecule has 2 heterocycles. The summed E-state index contributed by atoms with van der Waals surface area (Å²) in [5, 5.41) is 9.96. The number of nitrogens with zero attached hydrogens (tertiary/aromatic N) is 2. The first-order valence-electron chi connectivity index (χ1n) is 5.04. The maximum absolute atomic E-state index is 9.96. The molecular weight excluding hydrogens is 196 g/mol. The first kappa shape index (κ1) is 10.1. The Morgan fingerprint density at radius 1 is 1.64 bits per heavy atom. The van der Waals surface area contributed by atoms with Crippen LogP contribution in [0.25, 0.3) is 0 Å². The van der Waals surface area contributed by atoms with E-state index in [0.29, 0.717) is 0 Å². The number of hydrogen-bond acceptors (Lipinski definition) is 4. The summed E-state index contributed by atoms with van der Waals surface area (Å²) in [6, 6.07) is 0. The van der Waals surface area contributed by atoms with Gasteiger partial charge < -0.3 is 5.11 Å². The van der Waals surface area contributed by atoms with Gasteiger partial charge in [0.2, 0.25) is 0 Å². The Morgan fingerprint density at radius 2 is 2.43 bits per heavy atom. The Kier molecular flexibility index (Phi) is 2.85. The first-order chi connectivity index (χ1) is 6.72. The van der Waals surface area contributed by atoms with Crippen LogP contribution < -0.4 is 0 Å². The summed E-state index contributed by atoms with van der Waals surface area (Å²) in [6.45, 7) is 4.69. The van der Waals surface area contributed by atoms with Crippen molar-refractivity contribution in [2.45, 2.75) is 31.9 Å². The second-order valence-electron chi connectivity index (χ2n) is 4.09. The fourth-order valence-electron chi connectivity index (χ4n) is 2.06. The molecule has 0 aliphatic carbocycles. The largest absolute Gasteiger partial charge is 0.387 e. The molecule has 0 amide bonds. The molecule has 1 aromatic heterocycles. The van der Waals surface area contributed by atoms with Crippen LogP contribution in [-0.2, 0) is 6.54 Å². The van der Waals surface area contributed by atoms with Crippen LogP contribution in [0.4, 0.5) is 0 Å².